The first kappa shape index (κ1) is 33.2. The summed E-state index contributed by atoms with van der Waals surface area (Å²) in [6.07, 6.45) is 0. The quantitative estimate of drug-likeness (QED) is 0.0482. The predicted molar refractivity (Wildman–Crippen MR) is 185 cm³/mol. The lowest BCUT2D eigenvalue weighted by Gasteiger charge is -2.23. The number of ether oxygens (including phenoxy) is 2. The number of thioether (sulfide) groups is 1. The van der Waals surface area contributed by atoms with Gasteiger partial charge < -0.3 is 19.7 Å². The van der Waals surface area contributed by atoms with Crippen LogP contribution in [0.2, 0.25) is 0 Å². The molecule has 0 bridgehead atoms. The van der Waals surface area contributed by atoms with E-state index in [4.69, 9.17) is 9.47 Å². The number of aryl methyl sites for hydroxylation is 1. The number of nitrogens with zero attached hydrogens (tertiary/aromatic N) is 3. The second kappa shape index (κ2) is 14.2. The molecule has 0 spiro atoms. The maximum absolute atomic E-state index is 13.7. The number of amides is 1. The number of ketones is 1. The van der Waals surface area contributed by atoms with Crippen molar-refractivity contribution in [3.63, 3.8) is 0 Å². The van der Waals surface area contributed by atoms with E-state index in [1.807, 2.05) is 31.2 Å². The molecule has 0 aliphatic carbocycles. The summed E-state index contributed by atoms with van der Waals surface area (Å²) in [6.45, 7) is 2.36. The second-order valence-corrected chi connectivity index (χ2v) is 13.8. The number of hydrogen-bond donors (Lipinski definition) is 2. The third-order valence-electron chi connectivity index (χ3n) is 7.69. The molecule has 1 aromatic heterocycles. The van der Waals surface area contributed by atoms with Crippen molar-refractivity contribution in [1.29, 1.82) is 0 Å². The van der Waals surface area contributed by atoms with Crippen LogP contribution in [0.1, 0.15) is 33.9 Å². The van der Waals surface area contributed by atoms with E-state index < -0.39 is 23.5 Å². The molecule has 48 heavy (non-hydrogen) atoms. The van der Waals surface area contributed by atoms with E-state index in [0.717, 1.165) is 28.0 Å². The molecule has 13 heteroatoms. The fraction of sp³-hybridized carbons (Fsp3) is 0.143. The van der Waals surface area contributed by atoms with Crippen LogP contribution in [0.4, 0.5) is 9.52 Å². The number of aromatic nitrogens is 2. The smallest absolute Gasteiger partial charge is 0.301 e. The first-order valence-corrected chi connectivity index (χ1v) is 17.1. The number of aliphatic hydroxyl groups is 1. The molecule has 1 fully saturated rings. The van der Waals surface area contributed by atoms with Crippen molar-refractivity contribution in [2.45, 2.75) is 29.7 Å². The van der Waals surface area contributed by atoms with Gasteiger partial charge in [-0.2, -0.15) is 0 Å². The topological polar surface area (TPSA) is 122 Å². The van der Waals surface area contributed by atoms with Gasteiger partial charge in [0.05, 0.1) is 23.2 Å². The Kier molecular flexibility index (Phi) is 9.81. The Hall–Kier alpha value is -4.72. The number of methoxy groups -OCH3 is 1. The summed E-state index contributed by atoms with van der Waals surface area (Å²) in [4.78, 5) is 28.6. The number of anilines is 1. The Morgan fingerprint density at radius 1 is 1.04 bits per heavy atom. The molecule has 9 nitrogen and oxygen atoms in total. The zero-order valence-electron chi connectivity index (χ0n) is 25.5. The van der Waals surface area contributed by atoms with E-state index >= 15 is 0 Å². The van der Waals surface area contributed by atoms with E-state index in [9.17, 15) is 24.2 Å². The summed E-state index contributed by atoms with van der Waals surface area (Å²) < 4.78 is 25.4. The van der Waals surface area contributed by atoms with Gasteiger partial charge in [0.1, 0.15) is 23.9 Å². The van der Waals surface area contributed by atoms with Crippen molar-refractivity contribution in [1.82, 2.24) is 10.2 Å². The summed E-state index contributed by atoms with van der Waals surface area (Å²) in [5.41, 5.74) is 3.48. The standard InChI is InChI=1S/C35H27BrFN3O6S2/c1-19-5-3-4-6-22(19)17-46-25-13-9-21(10-14-25)30(41)28-29(23-15-26(36)31(42)27(16-23)45-2)40(33(44)32(28)43)34-38-39-35(48-34)47-18-20-7-11-24(37)12-8-20/h3-16,29,41-42H,17-18H2,1-2H3. The van der Waals surface area contributed by atoms with Gasteiger partial charge in [-0.15, -0.1) is 10.2 Å². The van der Waals surface area contributed by atoms with Gasteiger partial charge in [0.2, 0.25) is 5.13 Å². The van der Waals surface area contributed by atoms with Crippen LogP contribution < -0.4 is 14.4 Å². The second-order valence-electron chi connectivity index (χ2n) is 10.7. The lowest BCUT2D eigenvalue weighted by Crippen LogP contribution is -2.29. The largest absolute Gasteiger partial charge is 0.507 e. The molecule has 2 N–H and O–H groups in total. The number of carbonyl (C=O) groups is 2. The Bertz CT molecular complexity index is 2040. The van der Waals surface area contributed by atoms with E-state index in [-0.39, 0.29) is 32.5 Å². The molecule has 1 unspecified atom stereocenters. The average Bonchev–Trinajstić information content (AvgIpc) is 3.66. The van der Waals surface area contributed by atoms with Crippen LogP contribution in [0, 0.1) is 12.7 Å². The molecule has 1 aliphatic rings. The van der Waals surface area contributed by atoms with Gasteiger partial charge in [-0.25, -0.2) is 4.39 Å². The molecule has 0 radical (unpaired) electrons. The van der Waals surface area contributed by atoms with Crippen LogP contribution in [-0.2, 0) is 21.9 Å². The lowest BCUT2D eigenvalue weighted by atomic mass is 9.95. The highest BCUT2D eigenvalue weighted by Gasteiger charge is 2.48. The summed E-state index contributed by atoms with van der Waals surface area (Å²) in [7, 11) is 1.38. The third kappa shape index (κ3) is 6.80. The summed E-state index contributed by atoms with van der Waals surface area (Å²) in [6, 6.07) is 22.4. The van der Waals surface area contributed by atoms with E-state index in [1.54, 1.807) is 42.5 Å². The first-order chi connectivity index (χ1) is 23.1. The number of halogens is 2. The highest BCUT2D eigenvalue weighted by Crippen LogP contribution is 2.47. The monoisotopic (exact) mass is 747 g/mol. The molecule has 6 rings (SSSR count). The normalized spacial score (nSPS) is 15.6. The fourth-order valence-corrected chi connectivity index (χ4v) is 7.42. The number of hydrogen-bond acceptors (Lipinski definition) is 10. The number of phenols is 1. The molecule has 1 saturated heterocycles. The SMILES string of the molecule is COc1cc(C2C(=C(O)c3ccc(OCc4ccccc4C)cc3)C(=O)C(=O)N2c2nnc(SCc3ccc(F)cc3)s2)cc(Br)c1O. The van der Waals surface area contributed by atoms with Gasteiger partial charge in [0.15, 0.2) is 15.8 Å². The number of aliphatic hydroxyl groups excluding tert-OH is 1. The van der Waals surface area contributed by atoms with Gasteiger partial charge in [0, 0.05) is 11.3 Å². The maximum atomic E-state index is 13.7. The highest BCUT2D eigenvalue weighted by atomic mass is 79.9. The third-order valence-corrected chi connectivity index (χ3v) is 10.4. The van der Waals surface area contributed by atoms with Crippen LogP contribution in [0.25, 0.3) is 5.76 Å². The van der Waals surface area contributed by atoms with Gasteiger partial charge in [0.25, 0.3) is 5.78 Å². The molecular formula is C35H27BrFN3O6S2. The van der Waals surface area contributed by atoms with Crippen molar-refractivity contribution >= 4 is 61.6 Å². The minimum atomic E-state index is -1.14. The van der Waals surface area contributed by atoms with Crippen LogP contribution in [0.15, 0.2) is 99.3 Å². The van der Waals surface area contributed by atoms with Crippen LogP contribution in [0.3, 0.4) is 0 Å². The van der Waals surface area contributed by atoms with Gasteiger partial charge in [-0.05, 0) is 93.6 Å². The van der Waals surface area contributed by atoms with Gasteiger partial charge in [-0.1, -0.05) is 59.5 Å². The summed E-state index contributed by atoms with van der Waals surface area (Å²) >= 11 is 5.76. The number of phenolic OH excluding ortho intramolecular Hbond substituents is 1. The lowest BCUT2D eigenvalue weighted by molar-refractivity contribution is -0.132. The highest BCUT2D eigenvalue weighted by molar-refractivity contribution is 9.10. The molecule has 1 atom stereocenters. The van der Waals surface area contributed by atoms with E-state index in [2.05, 4.69) is 26.1 Å². The van der Waals surface area contributed by atoms with E-state index in [0.29, 0.717) is 33.6 Å². The Labute approximate surface area is 291 Å². The minimum Gasteiger partial charge on any atom is -0.507 e. The number of rotatable bonds is 10. The molecule has 1 aliphatic heterocycles. The maximum Gasteiger partial charge on any atom is 0.301 e. The Balaban J connectivity index is 1.35. The van der Waals surface area contributed by atoms with Crippen molar-refractivity contribution in [3.8, 4) is 17.2 Å². The Morgan fingerprint density at radius 3 is 2.48 bits per heavy atom. The summed E-state index contributed by atoms with van der Waals surface area (Å²) in [5.74, 6) is -1.61. The van der Waals surface area contributed by atoms with E-state index in [1.165, 1.54) is 42.0 Å². The Morgan fingerprint density at radius 2 is 1.77 bits per heavy atom. The molecule has 0 saturated carbocycles. The molecule has 244 valence electrons. The molecule has 5 aromatic rings. The summed E-state index contributed by atoms with van der Waals surface area (Å²) in [5, 5.41) is 30.7. The van der Waals surface area contributed by atoms with Gasteiger partial charge >= 0.3 is 5.91 Å². The molecule has 4 aromatic carbocycles. The number of aromatic hydroxyl groups is 1. The molecule has 2 heterocycles. The fourth-order valence-electron chi connectivity index (χ4n) is 5.13. The van der Waals surface area contributed by atoms with Crippen molar-refractivity contribution < 1.29 is 33.7 Å². The molecular weight excluding hydrogens is 721 g/mol. The zero-order valence-corrected chi connectivity index (χ0v) is 28.7. The number of carbonyl (C=O) groups excluding carboxylic acids is 2. The molecule has 1 amide bonds. The van der Waals surface area contributed by atoms with Crippen LogP contribution in [-0.4, -0.2) is 39.2 Å². The van der Waals surface area contributed by atoms with Crippen molar-refractivity contribution in [3.05, 3.63) is 129 Å². The van der Waals surface area contributed by atoms with Gasteiger partial charge in [-0.3, -0.25) is 14.5 Å². The van der Waals surface area contributed by atoms with Crippen LogP contribution >= 0.6 is 39.0 Å². The average molecular weight is 749 g/mol. The zero-order chi connectivity index (χ0) is 33.9. The van der Waals surface area contributed by atoms with Crippen molar-refractivity contribution in [2.75, 3.05) is 12.0 Å². The first-order valence-electron chi connectivity index (χ1n) is 14.5. The number of Topliss-reactive ketones (excluding diaryl/α,β-unsaturated/α-hetero) is 1. The predicted octanol–water partition coefficient (Wildman–Crippen LogP) is 7.96. The van der Waals surface area contributed by atoms with Crippen molar-refractivity contribution in [2.24, 2.45) is 0 Å². The minimum absolute atomic E-state index is 0.0907. The van der Waals surface area contributed by atoms with Crippen LogP contribution in [0.5, 0.6) is 17.2 Å². The number of benzene rings is 4.